The molecule has 3 rings (SSSR count). The molecule has 0 fully saturated rings. The highest BCUT2D eigenvalue weighted by Gasteiger charge is 2.28. The molecular weight excluding hydrogens is 322 g/mol. The fraction of sp³-hybridized carbons (Fsp3) is 0.389. The normalized spacial score (nSPS) is 16.2. The van der Waals surface area contributed by atoms with Gasteiger partial charge in [0.15, 0.2) is 5.16 Å². The largest absolute Gasteiger partial charge is 0.326 e. The zero-order valence-corrected chi connectivity index (χ0v) is 14.9. The van der Waals surface area contributed by atoms with Crippen molar-refractivity contribution in [3.05, 3.63) is 51.9 Å². The van der Waals surface area contributed by atoms with Crippen LogP contribution < -0.4 is 10.9 Å². The molecule has 1 N–H and O–H groups in total. The van der Waals surface area contributed by atoms with E-state index in [4.69, 9.17) is 0 Å². The van der Waals surface area contributed by atoms with E-state index < -0.39 is 0 Å². The molecule has 0 radical (unpaired) electrons. The number of hydrogen-bond donors (Lipinski definition) is 1. The Kier molecular flexibility index (Phi) is 4.76. The summed E-state index contributed by atoms with van der Waals surface area (Å²) in [5, 5.41) is 3.66. The summed E-state index contributed by atoms with van der Waals surface area (Å²) in [6.07, 6.45) is 0.275. The van der Waals surface area contributed by atoms with E-state index in [1.165, 1.54) is 0 Å². The summed E-state index contributed by atoms with van der Waals surface area (Å²) in [5.74, 6) is 0.834. The molecule has 0 aliphatic carbocycles. The zero-order chi connectivity index (χ0) is 17.3. The van der Waals surface area contributed by atoms with E-state index in [-0.39, 0.29) is 29.8 Å². The first-order valence-corrected chi connectivity index (χ1v) is 9.06. The Morgan fingerprint density at radius 1 is 1.42 bits per heavy atom. The number of hydrogen-bond acceptors (Lipinski definition) is 4. The quantitative estimate of drug-likeness (QED) is 0.865. The van der Waals surface area contributed by atoms with Gasteiger partial charge in [-0.2, -0.15) is 0 Å². The van der Waals surface area contributed by atoms with Crippen LogP contribution in [0, 0.1) is 6.92 Å². The number of anilines is 1. The zero-order valence-electron chi connectivity index (χ0n) is 14.1. The summed E-state index contributed by atoms with van der Waals surface area (Å²) < 4.78 is 1.66. The van der Waals surface area contributed by atoms with Gasteiger partial charge in [-0.15, -0.1) is 0 Å². The van der Waals surface area contributed by atoms with Gasteiger partial charge in [0.05, 0.1) is 11.7 Å². The summed E-state index contributed by atoms with van der Waals surface area (Å²) in [4.78, 5) is 29.3. The second-order valence-corrected chi connectivity index (χ2v) is 7.35. The van der Waals surface area contributed by atoms with Crippen molar-refractivity contribution in [2.45, 2.75) is 44.3 Å². The van der Waals surface area contributed by atoms with Crippen molar-refractivity contribution in [2.75, 3.05) is 11.1 Å². The van der Waals surface area contributed by atoms with Gasteiger partial charge in [0, 0.05) is 23.9 Å². The molecule has 5 nitrogen and oxygen atoms in total. The van der Waals surface area contributed by atoms with Gasteiger partial charge in [0.2, 0.25) is 5.91 Å². The van der Waals surface area contributed by atoms with Crippen molar-refractivity contribution >= 4 is 23.4 Å². The van der Waals surface area contributed by atoms with E-state index in [0.717, 1.165) is 22.1 Å². The predicted octanol–water partition coefficient (Wildman–Crippen LogP) is 3.35. The summed E-state index contributed by atoms with van der Waals surface area (Å²) in [6.45, 7) is 6.00. The minimum absolute atomic E-state index is 0.0672. The molecule has 6 heteroatoms. The second-order valence-electron chi connectivity index (χ2n) is 6.36. The molecule has 1 aromatic heterocycles. The fourth-order valence-corrected chi connectivity index (χ4v) is 3.90. The molecule has 0 spiro atoms. The van der Waals surface area contributed by atoms with Crippen LogP contribution >= 0.6 is 11.8 Å². The third-order valence-electron chi connectivity index (χ3n) is 4.14. The van der Waals surface area contributed by atoms with Crippen LogP contribution in [0.3, 0.4) is 0 Å². The van der Waals surface area contributed by atoms with Crippen LogP contribution in [0.25, 0.3) is 0 Å². The molecule has 2 aromatic rings. The number of fused-ring (bicyclic) bond motifs is 1. The molecule has 0 bridgehead atoms. The lowest BCUT2D eigenvalue weighted by atomic mass is 10.1. The number of nitrogens with zero attached hydrogens (tertiary/aromatic N) is 2. The molecule has 2 heterocycles. The molecule has 126 valence electrons. The summed E-state index contributed by atoms with van der Waals surface area (Å²) >= 11 is 1.55. The van der Waals surface area contributed by atoms with Crippen molar-refractivity contribution in [1.82, 2.24) is 9.55 Å². The number of carbonyl (C=O) groups excluding carboxylic acids is 1. The van der Waals surface area contributed by atoms with Crippen LogP contribution in [0.5, 0.6) is 0 Å². The first kappa shape index (κ1) is 16.8. The van der Waals surface area contributed by atoms with Crippen LogP contribution in [-0.4, -0.2) is 21.2 Å². The SMILES string of the molecule is Cc1ccccc1NC(=O)CC1CSc2nc(C(C)C)cc(=O)n21. The number of thioether (sulfide) groups is 1. The second kappa shape index (κ2) is 6.81. The molecule has 1 atom stereocenters. The van der Waals surface area contributed by atoms with E-state index in [0.29, 0.717) is 5.75 Å². The van der Waals surface area contributed by atoms with Crippen LogP contribution in [0.15, 0.2) is 40.3 Å². The molecule has 0 saturated heterocycles. The minimum atomic E-state index is -0.143. The minimum Gasteiger partial charge on any atom is -0.326 e. The van der Waals surface area contributed by atoms with Crippen molar-refractivity contribution in [3.63, 3.8) is 0 Å². The monoisotopic (exact) mass is 343 g/mol. The van der Waals surface area contributed by atoms with E-state index in [9.17, 15) is 9.59 Å². The summed E-state index contributed by atoms with van der Waals surface area (Å²) in [5.41, 5.74) is 2.58. The lowest BCUT2D eigenvalue weighted by Gasteiger charge is -2.15. The molecule has 1 unspecified atom stereocenters. The Bertz CT molecular complexity index is 829. The number of amides is 1. The van der Waals surface area contributed by atoms with E-state index in [1.807, 2.05) is 45.0 Å². The average molecular weight is 343 g/mol. The average Bonchev–Trinajstić information content (AvgIpc) is 2.93. The summed E-state index contributed by atoms with van der Waals surface area (Å²) in [6, 6.07) is 9.12. The van der Waals surface area contributed by atoms with Crippen LogP contribution in [0.4, 0.5) is 5.69 Å². The highest BCUT2D eigenvalue weighted by molar-refractivity contribution is 7.99. The maximum Gasteiger partial charge on any atom is 0.254 e. The molecule has 1 amide bonds. The topological polar surface area (TPSA) is 64.0 Å². The highest BCUT2D eigenvalue weighted by atomic mass is 32.2. The van der Waals surface area contributed by atoms with Crippen molar-refractivity contribution in [3.8, 4) is 0 Å². The van der Waals surface area contributed by atoms with Gasteiger partial charge < -0.3 is 5.32 Å². The number of para-hydroxylation sites is 1. The first-order valence-electron chi connectivity index (χ1n) is 8.07. The third-order valence-corrected chi connectivity index (χ3v) is 5.24. The van der Waals surface area contributed by atoms with Crippen LogP contribution in [0.2, 0.25) is 0 Å². The standard InChI is InChI=1S/C18H21N3O2S/c1-11(2)15-9-17(23)21-13(10-24-18(21)20-15)8-16(22)19-14-7-5-4-6-12(14)3/h4-7,9,11,13H,8,10H2,1-3H3,(H,19,22). The first-order chi connectivity index (χ1) is 11.5. The van der Waals surface area contributed by atoms with Crippen molar-refractivity contribution in [2.24, 2.45) is 0 Å². The number of nitrogens with one attached hydrogen (secondary N) is 1. The highest BCUT2D eigenvalue weighted by Crippen LogP contribution is 2.33. The Morgan fingerprint density at radius 2 is 2.17 bits per heavy atom. The van der Waals surface area contributed by atoms with Crippen molar-refractivity contribution < 1.29 is 4.79 Å². The van der Waals surface area contributed by atoms with E-state index in [1.54, 1.807) is 22.4 Å². The maximum absolute atomic E-state index is 12.4. The lowest BCUT2D eigenvalue weighted by molar-refractivity contribution is -0.116. The van der Waals surface area contributed by atoms with Crippen LogP contribution in [0.1, 0.15) is 43.5 Å². The van der Waals surface area contributed by atoms with Gasteiger partial charge in [-0.25, -0.2) is 4.98 Å². The van der Waals surface area contributed by atoms with E-state index in [2.05, 4.69) is 10.3 Å². The molecule has 24 heavy (non-hydrogen) atoms. The van der Waals surface area contributed by atoms with Crippen LogP contribution in [-0.2, 0) is 4.79 Å². The Hall–Kier alpha value is -2.08. The Morgan fingerprint density at radius 3 is 2.88 bits per heavy atom. The lowest BCUT2D eigenvalue weighted by Crippen LogP contribution is -2.28. The number of rotatable bonds is 4. The van der Waals surface area contributed by atoms with Crippen molar-refractivity contribution in [1.29, 1.82) is 0 Å². The van der Waals surface area contributed by atoms with Gasteiger partial charge in [0.1, 0.15) is 0 Å². The van der Waals surface area contributed by atoms with Gasteiger partial charge in [-0.1, -0.05) is 43.8 Å². The number of carbonyl (C=O) groups is 1. The third kappa shape index (κ3) is 3.38. The van der Waals surface area contributed by atoms with Gasteiger partial charge in [-0.3, -0.25) is 14.2 Å². The van der Waals surface area contributed by atoms with Gasteiger partial charge in [-0.05, 0) is 24.5 Å². The van der Waals surface area contributed by atoms with E-state index >= 15 is 0 Å². The molecular formula is C18H21N3O2S. The van der Waals surface area contributed by atoms with Gasteiger partial charge >= 0.3 is 0 Å². The molecule has 1 aliphatic rings. The maximum atomic E-state index is 12.4. The summed E-state index contributed by atoms with van der Waals surface area (Å²) in [7, 11) is 0. The smallest absolute Gasteiger partial charge is 0.254 e. The number of benzene rings is 1. The Labute approximate surface area is 145 Å². The van der Waals surface area contributed by atoms with Gasteiger partial charge in [0.25, 0.3) is 5.56 Å². The molecule has 0 saturated carbocycles. The predicted molar refractivity (Wildman–Crippen MR) is 96.8 cm³/mol. The number of aromatic nitrogens is 2. The molecule has 1 aliphatic heterocycles. The number of aryl methyl sites for hydroxylation is 1. The molecule has 1 aromatic carbocycles. The fourth-order valence-electron chi connectivity index (χ4n) is 2.74. The Balaban J connectivity index is 1.76.